The molecule has 1 aliphatic carbocycles. The Bertz CT molecular complexity index is 1190. The predicted molar refractivity (Wildman–Crippen MR) is 107 cm³/mol. The van der Waals surface area contributed by atoms with E-state index in [0.29, 0.717) is 18.6 Å². The maximum atomic E-state index is 13.0. The summed E-state index contributed by atoms with van der Waals surface area (Å²) in [5.41, 5.74) is -0.753. The summed E-state index contributed by atoms with van der Waals surface area (Å²) in [7, 11) is -2.20. The van der Waals surface area contributed by atoms with Gasteiger partial charge in [0.05, 0.1) is 15.8 Å². The second-order valence-electron chi connectivity index (χ2n) is 7.71. The normalized spacial score (nSPS) is 17.2. The fourth-order valence-electron chi connectivity index (χ4n) is 3.68. The summed E-state index contributed by atoms with van der Waals surface area (Å²) >= 11 is 0. The number of likely N-dealkylation sites (tertiary alicyclic amines) is 1. The lowest BCUT2D eigenvalue weighted by Crippen LogP contribution is -2.40. The Labute approximate surface area is 168 Å². The zero-order valence-corrected chi connectivity index (χ0v) is 17.1. The molecule has 0 atom stereocenters. The smallest absolute Gasteiger partial charge is 0.331 e. The summed E-state index contributed by atoms with van der Waals surface area (Å²) in [6.45, 7) is 1.38. The molecule has 1 N–H and O–H groups in total. The number of hydrogen-bond acceptors (Lipinski definition) is 5. The van der Waals surface area contributed by atoms with Crippen LogP contribution in [-0.4, -0.2) is 47.5 Å². The Morgan fingerprint density at radius 2 is 1.86 bits per heavy atom. The fraction of sp³-hybridized carbons (Fsp3) is 0.526. The van der Waals surface area contributed by atoms with Gasteiger partial charge in [0.1, 0.15) is 0 Å². The van der Waals surface area contributed by atoms with Gasteiger partial charge in [-0.1, -0.05) is 0 Å². The van der Waals surface area contributed by atoms with Gasteiger partial charge in [0.25, 0.3) is 5.56 Å². The van der Waals surface area contributed by atoms with Crippen molar-refractivity contribution in [2.24, 2.45) is 7.05 Å². The summed E-state index contributed by atoms with van der Waals surface area (Å²) in [4.78, 5) is 39.6. The molecule has 0 radical (unpaired) electrons. The largest absolute Gasteiger partial charge is 0.343 e. The van der Waals surface area contributed by atoms with Crippen molar-refractivity contribution in [2.75, 3.05) is 13.1 Å². The zero-order chi connectivity index (χ0) is 20.8. The lowest BCUT2D eigenvalue weighted by atomic mass is 10.2. The van der Waals surface area contributed by atoms with Gasteiger partial charge in [0.2, 0.25) is 15.9 Å². The van der Waals surface area contributed by atoms with Crippen LogP contribution in [0.3, 0.4) is 0 Å². The molecule has 2 heterocycles. The number of carbonyl (C=O) groups is 1. The van der Waals surface area contributed by atoms with Gasteiger partial charge in [-0.05, 0) is 43.9 Å². The van der Waals surface area contributed by atoms with Crippen LogP contribution in [0.15, 0.2) is 32.7 Å². The van der Waals surface area contributed by atoms with Gasteiger partial charge in [0, 0.05) is 39.1 Å². The minimum Gasteiger partial charge on any atom is -0.343 e. The van der Waals surface area contributed by atoms with E-state index in [1.807, 2.05) is 0 Å². The van der Waals surface area contributed by atoms with Crippen molar-refractivity contribution >= 4 is 26.8 Å². The summed E-state index contributed by atoms with van der Waals surface area (Å²) in [5.74, 6) is -0.0819. The van der Waals surface area contributed by atoms with Crippen molar-refractivity contribution in [2.45, 2.75) is 49.6 Å². The first-order valence-electron chi connectivity index (χ1n) is 9.81. The Balaban J connectivity index is 1.70. The van der Waals surface area contributed by atoms with Gasteiger partial charge in [-0.15, -0.1) is 0 Å². The number of rotatable bonds is 6. The number of nitrogens with zero attached hydrogens (tertiary/aromatic N) is 3. The Morgan fingerprint density at radius 3 is 2.52 bits per heavy atom. The van der Waals surface area contributed by atoms with Crippen molar-refractivity contribution in [3.63, 3.8) is 0 Å². The van der Waals surface area contributed by atoms with E-state index in [1.54, 1.807) is 4.90 Å². The molecule has 1 amide bonds. The average Bonchev–Trinajstić information content (AvgIpc) is 3.32. The maximum absolute atomic E-state index is 13.0. The molecule has 9 nitrogen and oxygen atoms in total. The van der Waals surface area contributed by atoms with E-state index in [-0.39, 0.29) is 35.2 Å². The molecule has 10 heteroatoms. The summed E-state index contributed by atoms with van der Waals surface area (Å²) in [5, 5.41) is 0.138. The highest BCUT2D eigenvalue weighted by Gasteiger charge is 2.28. The molecule has 1 aromatic heterocycles. The fourth-order valence-corrected chi connectivity index (χ4v) is 5.01. The molecule has 1 saturated heterocycles. The highest BCUT2D eigenvalue weighted by atomic mass is 32.2. The standard InChI is InChI=1S/C19H24N4O5S/c1-21-16-7-6-14(29(27,28)20-13-4-5-13)12-15(16)18(25)23(19(21)26)11-8-17(24)22-9-2-3-10-22/h6-7,12-13,20H,2-5,8-11H2,1H3. The molecule has 0 bridgehead atoms. The Morgan fingerprint density at radius 1 is 1.17 bits per heavy atom. The second kappa shape index (κ2) is 7.42. The molecular weight excluding hydrogens is 396 g/mol. The van der Waals surface area contributed by atoms with E-state index < -0.39 is 21.3 Å². The van der Waals surface area contributed by atoms with Crippen LogP contribution in [0.1, 0.15) is 32.1 Å². The molecule has 2 aliphatic rings. The van der Waals surface area contributed by atoms with E-state index >= 15 is 0 Å². The molecule has 2 fully saturated rings. The van der Waals surface area contributed by atoms with Crippen molar-refractivity contribution in [1.82, 2.24) is 18.8 Å². The molecule has 156 valence electrons. The van der Waals surface area contributed by atoms with Crippen molar-refractivity contribution in [3.8, 4) is 0 Å². The molecule has 1 saturated carbocycles. The Kier molecular flexibility index (Phi) is 5.07. The second-order valence-corrected chi connectivity index (χ2v) is 9.42. The molecule has 29 heavy (non-hydrogen) atoms. The average molecular weight is 420 g/mol. The number of amides is 1. The van der Waals surface area contributed by atoms with E-state index in [1.165, 1.54) is 29.8 Å². The Hall–Kier alpha value is -2.46. The minimum absolute atomic E-state index is 0.00709. The summed E-state index contributed by atoms with van der Waals surface area (Å²) in [6.07, 6.45) is 3.60. The predicted octanol–water partition coefficient (Wildman–Crippen LogP) is 0.153. The van der Waals surface area contributed by atoms with Gasteiger partial charge in [-0.2, -0.15) is 0 Å². The number of carbonyl (C=O) groups excluding carboxylic acids is 1. The lowest BCUT2D eigenvalue weighted by molar-refractivity contribution is -0.130. The minimum atomic E-state index is -3.72. The van der Waals surface area contributed by atoms with Gasteiger partial charge in [-0.25, -0.2) is 17.9 Å². The first kappa shape index (κ1) is 19.8. The number of hydrogen-bond donors (Lipinski definition) is 1. The highest BCUT2D eigenvalue weighted by Crippen LogP contribution is 2.23. The third-order valence-corrected chi connectivity index (χ3v) is 7.06. The molecule has 2 aromatic rings. The van der Waals surface area contributed by atoms with Crippen LogP contribution in [0.5, 0.6) is 0 Å². The van der Waals surface area contributed by atoms with Crippen LogP contribution in [0.25, 0.3) is 10.9 Å². The third-order valence-electron chi connectivity index (χ3n) is 5.54. The van der Waals surface area contributed by atoms with Gasteiger partial charge < -0.3 is 4.90 Å². The van der Waals surface area contributed by atoms with Gasteiger partial charge >= 0.3 is 5.69 Å². The highest BCUT2D eigenvalue weighted by molar-refractivity contribution is 7.89. The number of sulfonamides is 1. The first-order chi connectivity index (χ1) is 13.8. The van der Waals surface area contributed by atoms with E-state index in [0.717, 1.165) is 30.3 Å². The molecule has 0 unspecified atom stereocenters. The molecule has 1 aliphatic heterocycles. The monoisotopic (exact) mass is 420 g/mol. The lowest BCUT2D eigenvalue weighted by Gasteiger charge is -2.16. The van der Waals surface area contributed by atoms with E-state index in [2.05, 4.69) is 4.72 Å². The van der Waals surface area contributed by atoms with Crippen LogP contribution in [0, 0.1) is 0 Å². The van der Waals surface area contributed by atoms with Crippen LogP contribution in [0.4, 0.5) is 0 Å². The van der Waals surface area contributed by atoms with Crippen LogP contribution >= 0.6 is 0 Å². The van der Waals surface area contributed by atoms with Crippen LogP contribution in [-0.2, 0) is 28.4 Å². The molecular formula is C19H24N4O5S. The number of nitrogens with one attached hydrogen (secondary N) is 1. The summed E-state index contributed by atoms with van der Waals surface area (Å²) in [6, 6.07) is 4.12. The maximum Gasteiger partial charge on any atom is 0.331 e. The summed E-state index contributed by atoms with van der Waals surface area (Å²) < 4.78 is 29.9. The van der Waals surface area contributed by atoms with E-state index in [9.17, 15) is 22.8 Å². The van der Waals surface area contributed by atoms with Crippen LogP contribution < -0.4 is 16.0 Å². The molecule has 4 rings (SSSR count). The third kappa shape index (κ3) is 3.86. The van der Waals surface area contributed by atoms with Crippen molar-refractivity contribution < 1.29 is 13.2 Å². The molecule has 1 aromatic carbocycles. The van der Waals surface area contributed by atoms with Crippen molar-refractivity contribution in [3.05, 3.63) is 39.0 Å². The quantitative estimate of drug-likeness (QED) is 0.715. The first-order valence-corrected chi connectivity index (χ1v) is 11.3. The van der Waals surface area contributed by atoms with Gasteiger partial charge in [-0.3, -0.25) is 18.7 Å². The zero-order valence-electron chi connectivity index (χ0n) is 16.3. The van der Waals surface area contributed by atoms with Crippen LogP contribution in [0.2, 0.25) is 0 Å². The van der Waals surface area contributed by atoms with Crippen molar-refractivity contribution in [1.29, 1.82) is 0 Å². The topological polar surface area (TPSA) is 110 Å². The van der Waals surface area contributed by atoms with Gasteiger partial charge in [0.15, 0.2) is 0 Å². The SMILES string of the molecule is Cn1c(=O)n(CCC(=O)N2CCCC2)c(=O)c2cc(S(=O)(=O)NC3CC3)ccc21. The van der Waals surface area contributed by atoms with E-state index in [4.69, 9.17) is 0 Å². The number of aryl methyl sites for hydroxylation is 1. The number of fused-ring (bicyclic) bond motifs is 1. The number of benzene rings is 1. The number of aromatic nitrogens is 2. The molecule has 0 spiro atoms.